The predicted octanol–water partition coefficient (Wildman–Crippen LogP) is 6.99. The molecule has 0 aliphatic carbocycles. The van der Waals surface area contributed by atoms with Crippen LogP contribution in [0.3, 0.4) is 0 Å². The van der Waals surface area contributed by atoms with E-state index in [9.17, 15) is 4.79 Å². The number of carbonyl (C=O) groups excluding carboxylic acids is 1. The van der Waals surface area contributed by atoms with E-state index >= 15 is 0 Å². The van der Waals surface area contributed by atoms with Gasteiger partial charge in [-0.15, -0.1) is 0 Å². The van der Waals surface area contributed by atoms with E-state index in [2.05, 4.69) is 5.32 Å². The first-order valence-corrected chi connectivity index (χ1v) is 12.0. The van der Waals surface area contributed by atoms with Gasteiger partial charge in [-0.3, -0.25) is 4.79 Å². The number of nitrogens with zero attached hydrogens (tertiary/aromatic N) is 2. The van der Waals surface area contributed by atoms with Gasteiger partial charge in [0.25, 0.3) is 5.91 Å². The van der Waals surface area contributed by atoms with Crippen LogP contribution in [0.15, 0.2) is 65.1 Å². The van der Waals surface area contributed by atoms with Gasteiger partial charge in [0.1, 0.15) is 5.76 Å². The van der Waals surface area contributed by atoms with Crippen LogP contribution >= 0.6 is 34.8 Å². The number of aromatic nitrogens is 2. The SMILES string of the molecule is C[C@@H](NC(=O)c1nn(-c2ccc(Cl)cc2Cl)c2c1COC/C2=C\c1ccc(Cl)o1)c1ccccc1. The zero-order chi connectivity index (χ0) is 24.5. The molecule has 0 saturated heterocycles. The van der Waals surface area contributed by atoms with Crippen LogP contribution in [0, 0.1) is 0 Å². The lowest BCUT2D eigenvalue weighted by atomic mass is 10.0. The Morgan fingerprint density at radius 3 is 2.60 bits per heavy atom. The van der Waals surface area contributed by atoms with Crippen LogP contribution in [0.5, 0.6) is 0 Å². The Morgan fingerprint density at radius 2 is 1.89 bits per heavy atom. The van der Waals surface area contributed by atoms with Crippen molar-refractivity contribution in [3.05, 3.63) is 104 Å². The number of rotatable bonds is 5. The maximum absolute atomic E-state index is 13.4. The molecule has 2 aromatic carbocycles. The number of carbonyl (C=O) groups is 1. The number of halogens is 3. The Labute approximate surface area is 217 Å². The van der Waals surface area contributed by atoms with Gasteiger partial charge in [0.15, 0.2) is 10.9 Å². The monoisotopic (exact) mass is 527 g/mol. The molecule has 178 valence electrons. The molecule has 6 nitrogen and oxygen atoms in total. The van der Waals surface area contributed by atoms with Gasteiger partial charge in [-0.05, 0) is 60.5 Å². The lowest BCUT2D eigenvalue weighted by Crippen LogP contribution is -2.28. The maximum Gasteiger partial charge on any atom is 0.272 e. The van der Waals surface area contributed by atoms with E-state index < -0.39 is 0 Å². The average Bonchev–Trinajstić information content (AvgIpc) is 3.43. The van der Waals surface area contributed by atoms with Crippen molar-refractivity contribution in [2.24, 2.45) is 0 Å². The third kappa shape index (κ3) is 4.88. The summed E-state index contributed by atoms with van der Waals surface area (Å²) in [4.78, 5) is 13.4. The molecular weight excluding hydrogens is 509 g/mol. The van der Waals surface area contributed by atoms with Crippen LogP contribution in [0.2, 0.25) is 15.3 Å². The van der Waals surface area contributed by atoms with E-state index in [0.29, 0.717) is 39.4 Å². The van der Waals surface area contributed by atoms with Gasteiger partial charge in [-0.25, -0.2) is 4.68 Å². The highest BCUT2D eigenvalue weighted by Gasteiger charge is 2.30. The second-order valence-electron chi connectivity index (χ2n) is 8.09. The van der Waals surface area contributed by atoms with Crippen molar-refractivity contribution in [1.82, 2.24) is 15.1 Å². The highest BCUT2D eigenvalue weighted by atomic mass is 35.5. The fourth-order valence-corrected chi connectivity index (χ4v) is 4.68. The van der Waals surface area contributed by atoms with Crippen molar-refractivity contribution < 1.29 is 13.9 Å². The fraction of sp³-hybridized carbons (Fsp3) is 0.154. The van der Waals surface area contributed by atoms with E-state index in [-0.39, 0.29) is 29.5 Å². The van der Waals surface area contributed by atoms with Crippen LogP contribution in [0.1, 0.15) is 46.0 Å². The third-order valence-corrected chi connectivity index (χ3v) is 6.44. The topological polar surface area (TPSA) is 69.3 Å². The maximum atomic E-state index is 13.4. The minimum atomic E-state index is -0.313. The minimum Gasteiger partial charge on any atom is -0.445 e. The Hall–Kier alpha value is -3.03. The predicted molar refractivity (Wildman–Crippen MR) is 137 cm³/mol. The lowest BCUT2D eigenvalue weighted by molar-refractivity contribution is 0.0926. The van der Waals surface area contributed by atoms with Crippen molar-refractivity contribution in [1.29, 1.82) is 0 Å². The average molecular weight is 529 g/mol. The molecule has 0 fully saturated rings. The standard InChI is InChI=1S/C26H20Cl3N3O3/c1-15(16-5-3-2-4-6-16)30-26(33)24-20-14-34-13-17(11-19-8-10-23(29)35-19)25(20)32(31-24)22-9-7-18(27)12-21(22)28/h2-12,15H,13-14H2,1H3,(H,30,33)/b17-11+/t15-/m1/s1. The Balaban J connectivity index is 1.61. The Bertz CT molecular complexity index is 1430. The molecule has 0 bridgehead atoms. The molecule has 35 heavy (non-hydrogen) atoms. The number of ether oxygens (including phenoxy) is 1. The van der Waals surface area contributed by atoms with E-state index in [1.165, 1.54) is 0 Å². The Kier molecular flexibility index (Phi) is 6.71. The third-order valence-electron chi connectivity index (χ3n) is 5.70. The van der Waals surface area contributed by atoms with E-state index in [0.717, 1.165) is 11.1 Å². The number of hydrogen-bond donors (Lipinski definition) is 1. The minimum absolute atomic E-state index is 0.214. The van der Waals surface area contributed by atoms with Gasteiger partial charge in [-0.1, -0.05) is 53.5 Å². The first-order chi connectivity index (χ1) is 16.9. The molecule has 1 atom stereocenters. The summed E-state index contributed by atoms with van der Waals surface area (Å²) >= 11 is 18.6. The largest absolute Gasteiger partial charge is 0.445 e. The molecule has 0 radical (unpaired) electrons. The zero-order valence-corrected chi connectivity index (χ0v) is 20.9. The first-order valence-electron chi connectivity index (χ1n) is 10.9. The van der Waals surface area contributed by atoms with Gasteiger partial charge in [0, 0.05) is 16.2 Å². The van der Waals surface area contributed by atoms with E-state index in [1.807, 2.05) is 43.3 Å². The van der Waals surface area contributed by atoms with E-state index in [1.54, 1.807) is 35.0 Å². The number of fused-ring (bicyclic) bond motifs is 1. The van der Waals surface area contributed by atoms with Gasteiger partial charge >= 0.3 is 0 Å². The van der Waals surface area contributed by atoms with Crippen LogP contribution < -0.4 is 5.32 Å². The summed E-state index contributed by atoms with van der Waals surface area (Å²) in [5.41, 5.74) is 3.98. The van der Waals surface area contributed by atoms with Gasteiger partial charge < -0.3 is 14.5 Å². The number of benzene rings is 2. The molecule has 1 aliphatic heterocycles. The molecule has 0 spiro atoms. The summed E-state index contributed by atoms with van der Waals surface area (Å²) in [5, 5.41) is 8.91. The summed E-state index contributed by atoms with van der Waals surface area (Å²) in [6.45, 7) is 2.44. The smallest absolute Gasteiger partial charge is 0.272 e. The number of hydrogen-bond acceptors (Lipinski definition) is 4. The molecule has 5 rings (SSSR count). The quantitative estimate of drug-likeness (QED) is 0.303. The van der Waals surface area contributed by atoms with Crippen LogP contribution in [-0.4, -0.2) is 22.3 Å². The van der Waals surface area contributed by atoms with E-state index in [4.69, 9.17) is 49.1 Å². The molecule has 1 N–H and O–H groups in total. The molecule has 1 aliphatic rings. The van der Waals surface area contributed by atoms with Crippen molar-refractivity contribution in [3.63, 3.8) is 0 Å². The van der Waals surface area contributed by atoms with Crippen molar-refractivity contribution in [2.75, 3.05) is 6.61 Å². The second kappa shape index (κ2) is 9.91. The number of amides is 1. The van der Waals surface area contributed by atoms with Gasteiger partial charge in [0.05, 0.1) is 35.7 Å². The normalized spacial score (nSPS) is 15.1. The summed E-state index contributed by atoms with van der Waals surface area (Å²) in [6.07, 6.45) is 1.82. The second-order valence-corrected chi connectivity index (χ2v) is 9.31. The number of furan rings is 1. The molecule has 3 heterocycles. The highest BCUT2D eigenvalue weighted by Crippen LogP contribution is 2.35. The Morgan fingerprint density at radius 1 is 1.09 bits per heavy atom. The molecule has 0 saturated carbocycles. The molecule has 1 amide bonds. The number of nitrogens with one attached hydrogen (secondary N) is 1. The summed E-state index contributed by atoms with van der Waals surface area (Å²) in [5.74, 6) is 0.243. The summed E-state index contributed by atoms with van der Waals surface area (Å²) in [6, 6.07) is 18.1. The molecule has 0 unspecified atom stereocenters. The van der Waals surface area contributed by atoms with Crippen molar-refractivity contribution >= 4 is 52.4 Å². The summed E-state index contributed by atoms with van der Waals surface area (Å²) < 4.78 is 13.0. The lowest BCUT2D eigenvalue weighted by Gasteiger charge is -2.19. The molecular formula is C26H20Cl3N3O3. The highest BCUT2D eigenvalue weighted by molar-refractivity contribution is 6.35. The summed E-state index contributed by atoms with van der Waals surface area (Å²) in [7, 11) is 0. The molecule has 9 heteroatoms. The van der Waals surface area contributed by atoms with Crippen LogP contribution in [-0.2, 0) is 11.3 Å². The van der Waals surface area contributed by atoms with Gasteiger partial charge in [-0.2, -0.15) is 5.10 Å². The van der Waals surface area contributed by atoms with Crippen LogP contribution in [0.25, 0.3) is 17.3 Å². The first kappa shape index (κ1) is 23.7. The van der Waals surface area contributed by atoms with Crippen LogP contribution in [0.4, 0.5) is 0 Å². The molecule has 2 aromatic heterocycles. The van der Waals surface area contributed by atoms with Crippen molar-refractivity contribution in [2.45, 2.75) is 19.6 Å². The van der Waals surface area contributed by atoms with Gasteiger partial charge in [0.2, 0.25) is 0 Å². The fourth-order valence-electron chi connectivity index (χ4n) is 4.04. The zero-order valence-electron chi connectivity index (χ0n) is 18.6. The molecule has 4 aromatic rings. The van der Waals surface area contributed by atoms with Crippen molar-refractivity contribution in [3.8, 4) is 5.69 Å².